The number of amides is 1. The van der Waals surface area contributed by atoms with E-state index in [1.54, 1.807) is 38.1 Å². The maximum Gasteiger partial charge on any atom is 0.338 e. The van der Waals surface area contributed by atoms with E-state index in [4.69, 9.17) is 14.2 Å². The van der Waals surface area contributed by atoms with E-state index in [9.17, 15) is 14.4 Å². The molecule has 0 aromatic heterocycles. The molecule has 1 amide bonds. The number of ether oxygens (including phenoxy) is 3. The van der Waals surface area contributed by atoms with Gasteiger partial charge in [-0.1, -0.05) is 12.1 Å². The molecule has 0 aliphatic carbocycles. The van der Waals surface area contributed by atoms with Crippen molar-refractivity contribution < 1.29 is 28.6 Å². The van der Waals surface area contributed by atoms with Crippen molar-refractivity contribution in [3.8, 4) is 0 Å². The third-order valence-electron chi connectivity index (χ3n) is 3.59. The van der Waals surface area contributed by atoms with Gasteiger partial charge in [0.25, 0.3) is 5.91 Å². The summed E-state index contributed by atoms with van der Waals surface area (Å²) in [4.78, 5) is 37.4. The molecular weight excluding hydrogens is 350 g/mol. The molecule has 0 bridgehead atoms. The van der Waals surface area contributed by atoms with Crippen LogP contribution in [0.3, 0.4) is 0 Å². The molecule has 1 aliphatic heterocycles. The highest BCUT2D eigenvalue weighted by Gasteiger charge is 2.42. The van der Waals surface area contributed by atoms with Crippen LogP contribution < -0.4 is 0 Å². The van der Waals surface area contributed by atoms with Crippen LogP contribution in [0.1, 0.15) is 50.5 Å². The molecule has 0 unspecified atom stereocenters. The Morgan fingerprint density at radius 3 is 2.11 bits per heavy atom. The number of carbonyl (C=O) groups excluding carboxylic acids is 3. The van der Waals surface area contributed by atoms with Gasteiger partial charge in [-0.2, -0.15) is 0 Å². The number of benzene rings is 1. The lowest BCUT2D eigenvalue weighted by atomic mass is 10.0. The van der Waals surface area contributed by atoms with Crippen molar-refractivity contribution in [2.24, 2.45) is 0 Å². The highest BCUT2D eigenvalue weighted by molar-refractivity contribution is 6.13. The van der Waals surface area contributed by atoms with Gasteiger partial charge in [0.1, 0.15) is 17.8 Å². The van der Waals surface area contributed by atoms with Gasteiger partial charge in [-0.05, 0) is 46.8 Å². The van der Waals surface area contributed by atoms with Crippen molar-refractivity contribution in [2.75, 3.05) is 19.8 Å². The summed E-state index contributed by atoms with van der Waals surface area (Å²) in [7, 11) is 0. The molecule has 1 aromatic carbocycles. The predicted molar refractivity (Wildman–Crippen MR) is 98.5 cm³/mol. The van der Waals surface area contributed by atoms with Gasteiger partial charge in [-0.25, -0.2) is 4.79 Å². The van der Waals surface area contributed by atoms with Gasteiger partial charge in [0.05, 0.1) is 18.8 Å². The summed E-state index contributed by atoms with van der Waals surface area (Å²) in [5, 5.41) is 0. The van der Waals surface area contributed by atoms with Crippen LogP contribution in [0.2, 0.25) is 0 Å². The van der Waals surface area contributed by atoms with E-state index in [0.29, 0.717) is 16.8 Å². The summed E-state index contributed by atoms with van der Waals surface area (Å²) < 4.78 is 15.7. The van der Waals surface area contributed by atoms with Crippen molar-refractivity contribution in [3.63, 3.8) is 0 Å². The Labute approximate surface area is 158 Å². The first-order valence-corrected chi connectivity index (χ1v) is 8.86. The van der Waals surface area contributed by atoms with Gasteiger partial charge >= 0.3 is 11.9 Å². The quantitative estimate of drug-likeness (QED) is 0.682. The van der Waals surface area contributed by atoms with E-state index in [0.717, 1.165) is 0 Å². The van der Waals surface area contributed by atoms with Crippen molar-refractivity contribution in [1.29, 1.82) is 0 Å². The minimum Gasteiger partial charge on any atom is -0.481 e. The summed E-state index contributed by atoms with van der Waals surface area (Å²) in [5.41, 5.74) is 0.989. The second-order valence-electron chi connectivity index (χ2n) is 6.89. The molecule has 0 N–H and O–H groups in total. The standard InChI is InChI=1S/C20H25NO6/c1-6-25-15(22)12-21-16(17(18(21)23)27-20(3,4)5)13-8-10-14(11-9-13)19(24)26-7-2/h8-11H,6-7,12H2,1-5H3. The Morgan fingerprint density at radius 1 is 1.00 bits per heavy atom. The molecule has 0 radical (unpaired) electrons. The summed E-state index contributed by atoms with van der Waals surface area (Å²) in [6, 6.07) is 6.61. The van der Waals surface area contributed by atoms with Crippen LogP contribution in [-0.4, -0.2) is 48.1 Å². The Kier molecular flexibility index (Phi) is 6.25. The molecule has 1 aromatic rings. The topological polar surface area (TPSA) is 82.1 Å². The first-order chi connectivity index (χ1) is 12.7. The molecular formula is C20H25NO6. The molecule has 7 nitrogen and oxygen atoms in total. The third-order valence-corrected chi connectivity index (χ3v) is 3.59. The average Bonchev–Trinajstić information content (AvgIpc) is 2.60. The summed E-state index contributed by atoms with van der Waals surface area (Å²) >= 11 is 0. The van der Waals surface area contributed by atoms with Crippen LogP contribution in [0.4, 0.5) is 0 Å². The van der Waals surface area contributed by atoms with Crippen molar-refractivity contribution in [1.82, 2.24) is 4.90 Å². The monoisotopic (exact) mass is 375 g/mol. The molecule has 1 aliphatic rings. The molecule has 1 heterocycles. The molecule has 0 spiro atoms. The molecule has 0 fully saturated rings. The fourth-order valence-corrected chi connectivity index (χ4v) is 2.55. The largest absolute Gasteiger partial charge is 0.481 e. The third kappa shape index (κ3) is 4.87. The fraction of sp³-hybridized carbons (Fsp3) is 0.450. The molecule has 2 rings (SSSR count). The summed E-state index contributed by atoms with van der Waals surface area (Å²) in [5.74, 6) is -1.10. The summed E-state index contributed by atoms with van der Waals surface area (Å²) in [6.45, 7) is 9.28. The molecule has 0 saturated heterocycles. The van der Waals surface area contributed by atoms with Gasteiger partial charge in [-0.3, -0.25) is 14.5 Å². The SMILES string of the molecule is CCOC(=O)CN1C(=O)C(OC(C)(C)C)=C1c1ccc(C(=O)OCC)cc1. The predicted octanol–water partition coefficient (Wildman–Crippen LogP) is 2.75. The van der Waals surface area contributed by atoms with E-state index in [2.05, 4.69) is 0 Å². The van der Waals surface area contributed by atoms with Gasteiger partial charge in [0.2, 0.25) is 5.76 Å². The van der Waals surface area contributed by atoms with E-state index in [1.807, 2.05) is 20.8 Å². The lowest BCUT2D eigenvalue weighted by Crippen LogP contribution is -2.46. The van der Waals surface area contributed by atoms with Crippen molar-refractivity contribution >= 4 is 23.5 Å². The van der Waals surface area contributed by atoms with Crippen LogP contribution >= 0.6 is 0 Å². The lowest BCUT2D eigenvalue weighted by molar-refractivity contribution is -0.149. The zero-order chi connectivity index (χ0) is 20.2. The van der Waals surface area contributed by atoms with Crippen molar-refractivity contribution in [3.05, 3.63) is 41.2 Å². The Balaban J connectivity index is 2.34. The van der Waals surface area contributed by atoms with Crippen LogP contribution in [0.5, 0.6) is 0 Å². The highest BCUT2D eigenvalue weighted by atomic mass is 16.5. The first kappa shape index (κ1) is 20.5. The molecule has 0 saturated carbocycles. The number of rotatable bonds is 7. The number of esters is 2. The average molecular weight is 375 g/mol. The number of hydrogen-bond donors (Lipinski definition) is 0. The molecule has 0 atom stereocenters. The van der Waals surface area contributed by atoms with Crippen LogP contribution in [0, 0.1) is 0 Å². The number of carbonyl (C=O) groups is 3. The van der Waals surface area contributed by atoms with Gasteiger partial charge < -0.3 is 14.2 Å². The van der Waals surface area contributed by atoms with Gasteiger partial charge in [0, 0.05) is 5.56 Å². The molecule has 146 valence electrons. The Bertz CT molecular complexity index is 758. The number of hydrogen-bond acceptors (Lipinski definition) is 6. The number of nitrogens with zero attached hydrogens (tertiary/aromatic N) is 1. The minimum absolute atomic E-state index is 0.190. The smallest absolute Gasteiger partial charge is 0.338 e. The Hall–Kier alpha value is -2.83. The Morgan fingerprint density at radius 2 is 1.59 bits per heavy atom. The summed E-state index contributed by atoms with van der Waals surface area (Å²) in [6.07, 6.45) is 0. The maximum absolute atomic E-state index is 12.5. The first-order valence-electron chi connectivity index (χ1n) is 8.86. The lowest BCUT2D eigenvalue weighted by Gasteiger charge is -2.38. The van der Waals surface area contributed by atoms with Gasteiger partial charge in [0.15, 0.2) is 0 Å². The van der Waals surface area contributed by atoms with Crippen LogP contribution in [0.15, 0.2) is 30.0 Å². The van der Waals surface area contributed by atoms with E-state index < -0.39 is 17.5 Å². The second-order valence-corrected chi connectivity index (χ2v) is 6.89. The highest BCUT2D eigenvalue weighted by Crippen LogP contribution is 2.36. The van der Waals surface area contributed by atoms with Gasteiger partial charge in [-0.15, -0.1) is 0 Å². The van der Waals surface area contributed by atoms with Crippen LogP contribution in [-0.2, 0) is 23.8 Å². The normalized spacial score (nSPS) is 14.0. The molecule has 27 heavy (non-hydrogen) atoms. The van der Waals surface area contributed by atoms with Crippen LogP contribution in [0.25, 0.3) is 5.70 Å². The fourth-order valence-electron chi connectivity index (χ4n) is 2.55. The van der Waals surface area contributed by atoms with Crippen molar-refractivity contribution in [2.45, 2.75) is 40.2 Å². The van der Waals surface area contributed by atoms with E-state index in [1.165, 1.54) is 4.90 Å². The minimum atomic E-state index is -0.572. The van der Waals surface area contributed by atoms with E-state index >= 15 is 0 Å². The zero-order valence-corrected chi connectivity index (χ0v) is 16.3. The zero-order valence-electron chi connectivity index (χ0n) is 16.3. The molecule has 7 heteroatoms. The van der Waals surface area contributed by atoms with E-state index in [-0.39, 0.29) is 31.4 Å². The second kappa shape index (κ2) is 8.24. The maximum atomic E-state index is 12.5.